The van der Waals surface area contributed by atoms with Crippen LogP contribution in [0.2, 0.25) is 0 Å². The summed E-state index contributed by atoms with van der Waals surface area (Å²) >= 11 is 0. The van der Waals surface area contributed by atoms with Crippen molar-refractivity contribution >= 4 is 23.2 Å². The number of benzene rings is 2. The van der Waals surface area contributed by atoms with E-state index in [2.05, 4.69) is 5.32 Å². The molecule has 7 heteroatoms. The van der Waals surface area contributed by atoms with Gasteiger partial charge in [-0.05, 0) is 30.7 Å². The third-order valence-electron chi connectivity index (χ3n) is 3.07. The molecule has 0 aromatic heterocycles. The molecule has 0 bridgehead atoms. The zero-order chi connectivity index (χ0) is 17.0. The first-order valence-corrected chi connectivity index (χ1v) is 6.63. The highest BCUT2D eigenvalue weighted by Crippen LogP contribution is 2.25. The maximum atomic E-state index is 12.3. The zero-order valence-electron chi connectivity index (χ0n) is 12.1. The Kier molecular flexibility index (Phi) is 4.68. The largest absolute Gasteiger partial charge is 0.471 e. The third-order valence-corrected chi connectivity index (χ3v) is 3.07. The predicted molar refractivity (Wildman–Crippen MR) is 80.3 cm³/mol. The molecule has 0 aliphatic rings. The minimum atomic E-state index is -5.01. The van der Waals surface area contributed by atoms with Gasteiger partial charge < -0.3 is 10.6 Å². The number of amides is 2. The van der Waals surface area contributed by atoms with E-state index in [4.69, 9.17) is 0 Å². The molecule has 0 heterocycles. The lowest BCUT2D eigenvalue weighted by Crippen LogP contribution is -2.30. The van der Waals surface area contributed by atoms with Crippen molar-refractivity contribution in [3.63, 3.8) is 0 Å². The van der Waals surface area contributed by atoms with Crippen molar-refractivity contribution in [2.45, 2.75) is 13.1 Å². The van der Waals surface area contributed by atoms with E-state index in [-0.39, 0.29) is 11.4 Å². The molecular weight excluding hydrogens is 309 g/mol. The molecule has 2 N–H and O–H groups in total. The number of nitrogens with one attached hydrogen (secondary N) is 2. The fourth-order valence-corrected chi connectivity index (χ4v) is 1.91. The van der Waals surface area contributed by atoms with E-state index < -0.39 is 18.0 Å². The van der Waals surface area contributed by atoms with Crippen LogP contribution in [0.5, 0.6) is 0 Å². The minimum absolute atomic E-state index is 0.0818. The van der Waals surface area contributed by atoms with Crippen molar-refractivity contribution in [1.82, 2.24) is 0 Å². The number of alkyl halides is 3. The van der Waals surface area contributed by atoms with Crippen molar-refractivity contribution in [2.24, 2.45) is 0 Å². The monoisotopic (exact) mass is 322 g/mol. The van der Waals surface area contributed by atoms with Crippen LogP contribution in [0.3, 0.4) is 0 Å². The number of anilines is 2. The van der Waals surface area contributed by atoms with E-state index in [1.165, 1.54) is 24.3 Å². The molecule has 0 aliphatic heterocycles. The second kappa shape index (κ2) is 6.51. The molecule has 0 unspecified atom stereocenters. The summed E-state index contributed by atoms with van der Waals surface area (Å²) < 4.78 is 37.0. The molecule has 23 heavy (non-hydrogen) atoms. The summed E-state index contributed by atoms with van der Waals surface area (Å²) in [6.45, 7) is 1.74. The second-order valence-corrected chi connectivity index (χ2v) is 4.77. The van der Waals surface area contributed by atoms with Crippen molar-refractivity contribution < 1.29 is 22.8 Å². The molecule has 0 fully saturated rings. The van der Waals surface area contributed by atoms with Gasteiger partial charge in [-0.3, -0.25) is 9.59 Å². The summed E-state index contributed by atoms with van der Waals surface area (Å²) in [6, 6.07) is 12.5. The summed E-state index contributed by atoms with van der Waals surface area (Å²) in [7, 11) is 0. The number of carbonyl (C=O) groups excluding carboxylic acids is 2. The van der Waals surface area contributed by atoms with Gasteiger partial charge in [0.2, 0.25) is 0 Å². The van der Waals surface area contributed by atoms with Gasteiger partial charge in [0.1, 0.15) is 0 Å². The predicted octanol–water partition coefficient (Wildman–Crippen LogP) is 3.75. The van der Waals surface area contributed by atoms with Gasteiger partial charge in [0.25, 0.3) is 5.91 Å². The van der Waals surface area contributed by atoms with E-state index in [9.17, 15) is 22.8 Å². The van der Waals surface area contributed by atoms with Crippen LogP contribution < -0.4 is 10.6 Å². The van der Waals surface area contributed by atoms with Gasteiger partial charge in [0.15, 0.2) is 0 Å². The molecule has 0 atom stereocenters. The van der Waals surface area contributed by atoms with Crippen LogP contribution in [0.1, 0.15) is 15.9 Å². The summed E-state index contributed by atoms with van der Waals surface area (Å²) in [5.74, 6) is -2.58. The van der Waals surface area contributed by atoms with Crippen LogP contribution >= 0.6 is 0 Å². The number of para-hydroxylation sites is 2. The summed E-state index contributed by atoms with van der Waals surface area (Å²) in [5, 5.41) is 4.25. The number of rotatable bonds is 3. The maximum absolute atomic E-state index is 12.3. The lowest BCUT2D eigenvalue weighted by atomic mass is 10.1. The Morgan fingerprint density at radius 3 is 1.96 bits per heavy atom. The van der Waals surface area contributed by atoms with Crippen LogP contribution in [0.4, 0.5) is 24.5 Å². The fourth-order valence-electron chi connectivity index (χ4n) is 1.91. The van der Waals surface area contributed by atoms with E-state index in [0.29, 0.717) is 5.56 Å². The Hall–Kier alpha value is -2.83. The Morgan fingerprint density at radius 1 is 0.870 bits per heavy atom. The van der Waals surface area contributed by atoms with E-state index in [1.54, 1.807) is 36.5 Å². The van der Waals surface area contributed by atoms with E-state index in [0.717, 1.165) is 5.56 Å². The highest BCUT2D eigenvalue weighted by Gasteiger charge is 2.39. The van der Waals surface area contributed by atoms with E-state index >= 15 is 0 Å². The fraction of sp³-hybridized carbons (Fsp3) is 0.125. The van der Waals surface area contributed by atoms with Crippen molar-refractivity contribution in [3.8, 4) is 0 Å². The molecule has 0 saturated heterocycles. The van der Waals surface area contributed by atoms with Gasteiger partial charge >= 0.3 is 12.1 Å². The summed E-state index contributed by atoms with van der Waals surface area (Å²) in [5.41, 5.74) is 1.07. The van der Waals surface area contributed by atoms with Crippen molar-refractivity contribution in [3.05, 3.63) is 59.7 Å². The molecule has 2 rings (SSSR count). The maximum Gasteiger partial charge on any atom is 0.471 e. The molecule has 0 spiro atoms. The average molecular weight is 322 g/mol. The molecule has 2 aromatic rings. The Labute approximate surface area is 130 Å². The normalized spacial score (nSPS) is 11.0. The quantitative estimate of drug-likeness (QED) is 0.904. The van der Waals surface area contributed by atoms with Crippen LogP contribution in [0.15, 0.2) is 48.5 Å². The molecule has 0 radical (unpaired) electrons. The average Bonchev–Trinajstić information content (AvgIpc) is 2.48. The van der Waals surface area contributed by atoms with Gasteiger partial charge in [0.05, 0.1) is 11.4 Å². The number of aryl methyl sites for hydroxylation is 1. The molecule has 4 nitrogen and oxygen atoms in total. The lowest BCUT2D eigenvalue weighted by Gasteiger charge is -2.14. The van der Waals surface area contributed by atoms with Crippen molar-refractivity contribution in [2.75, 3.05) is 10.6 Å². The topological polar surface area (TPSA) is 58.2 Å². The number of hydrogen-bond acceptors (Lipinski definition) is 2. The molecular formula is C16H13F3N2O2. The number of hydrogen-bond donors (Lipinski definition) is 2. The lowest BCUT2D eigenvalue weighted by molar-refractivity contribution is -0.167. The zero-order valence-corrected chi connectivity index (χ0v) is 12.1. The smallest absolute Gasteiger partial charge is 0.320 e. The first kappa shape index (κ1) is 16.5. The highest BCUT2D eigenvalue weighted by molar-refractivity contribution is 6.08. The Bertz CT molecular complexity index is 742. The van der Waals surface area contributed by atoms with Gasteiger partial charge in [-0.1, -0.05) is 30.3 Å². The van der Waals surface area contributed by atoms with Gasteiger partial charge in [-0.25, -0.2) is 0 Å². The van der Waals surface area contributed by atoms with E-state index in [1.807, 2.05) is 0 Å². The second-order valence-electron chi connectivity index (χ2n) is 4.77. The first-order chi connectivity index (χ1) is 10.8. The first-order valence-electron chi connectivity index (χ1n) is 6.63. The molecule has 2 amide bonds. The standard InChI is InChI=1S/C16H13F3N2O2/c1-10-6-2-3-7-11(10)14(22)20-12-8-4-5-9-13(12)21-15(23)16(17,18)19/h2-9H,1H3,(H,20,22)(H,21,23). The van der Waals surface area contributed by atoms with Crippen LogP contribution in [-0.4, -0.2) is 18.0 Å². The third kappa shape index (κ3) is 4.09. The Morgan fingerprint density at radius 2 is 1.39 bits per heavy atom. The number of halogens is 3. The number of carbonyl (C=O) groups is 2. The van der Waals surface area contributed by atoms with Crippen LogP contribution in [-0.2, 0) is 4.79 Å². The summed E-state index contributed by atoms with van der Waals surface area (Å²) in [4.78, 5) is 23.3. The molecule has 0 aliphatic carbocycles. The molecule has 0 saturated carbocycles. The van der Waals surface area contributed by atoms with Gasteiger partial charge in [-0.15, -0.1) is 0 Å². The molecule has 2 aromatic carbocycles. The minimum Gasteiger partial charge on any atom is -0.320 e. The highest BCUT2D eigenvalue weighted by atomic mass is 19.4. The summed E-state index contributed by atoms with van der Waals surface area (Å²) in [6.07, 6.45) is -5.01. The van der Waals surface area contributed by atoms with Crippen molar-refractivity contribution in [1.29, 1.82) is 0 Å². The van der Waals surface area contributed by atoms with Crippen LogP contribution in [0, 0.1) is 6.92 Å². The molecule has 120 valence electrons. The van der Waals surface area contributed by atoms with Crippen LogP contribution in [0.25, 0.3) is 0 Å². The van der Waals surface area contributed by atoms with Gasteiger partial charge in [-0.2, -0.15) is 13.2 Å². The Balaban J connectivity index is 2.23. The SMILES string of the molecule is Cc1ccccc1C(=O)Nc1ccccc1NC(=O)C(F)(F)F. The van der Waals surface area contributed by atoms with Gasteiger partial charge in [0, 0.05) is 5.56 Å².